The quantitative estimate of drug-likeness (QED) is 0.183. The van der Waals surface area contributed by atoms with Crippen molar-refractivity contribution in [3.8, 4) is 27.9 Å². The summed E-state index contributed by atoms with van der Waals surface area (Å²) in [5, 5.41) is 9.54. The van der Waals surface area contributed by atoms with E-state index in [-0.39, 0.29) is 10.8 Å². The number of rotatable bonds is 4. The van der Waals surface area contributed by atoms with Gasteiger partial charge in [-0.15, -0.1) is 0 Å². The number of nitrogens with zero attached hydrogens (tertiary/aromatic N) is 1. The molecule has 3 aromatic heterocycles. The minimum atomic E-state index is -0.0353. The first-order valence-electron chi connectivity index (χ1n) is 19.9. The van der Waals surface area contributed by atoms with Gasteiger partial charge in [0.25, 0.3) is 0 Å². The molecule has 11 rings (SSSR count). The molecular formula is C52H42BN2O2. The largest absolute Gasteiger partial charge is 0.464 e. The van der Waals surface area contributed by atoms with Crippen LogP contribution in [0.1, 0.15) is 52.7 Å². The molecule has 0 aliphatic carbocycles. The van der Waals surface area contributed by atoms with Gasteiger partial charge in [0.05, 0.1) is 11.8 Å². The highest BCUT2D eigenvalue weighted by molar-refractivity contribution is 6.73. The minimum absolute atomic E-state index is 0.0353. The Morgan fingerprint density at radius 1 is 0.544 bits per heavy atom. The van der Waals surface area contributed by atoms with Crippen LogP contribution in [-0.4, -0.2) is 11.8 Å². The van der Waals surface area contributed by atoms with E-state index in [1.807, 2.05) is 12.3 Å². The van der Waals surface area contributed by atoms with Gasteiger partial charge in [-0.05, 0) is 93.1 Å². The first-order chi connectivity index (χ1) is 27.5. The first kappa shape index (κ1) is 33.8. The van der Waals surface area contributed by atoms with E-state index in [9.17, 15) is 0 Å². The molecule has 5 heteroatoms. The number of para-hydroxylation sites is 1. The molecule has 7 aromatic carbocycles. The SMILES string of the molecule is CC(C)(C)c1ccc(Nc2ccc(C(C)(C)C)cc2-c2ccc3c4cc5oc6ccccc6c5cc4n4c3c2[B]c2cc3occ(-c5ccccc5)c3cc2-4)cc1. The second kappa shape index (κ2) is 12.0. The van der Waals surface area contributed by atoms with Crippen LogP contribution in [0, 0.1) is 0 Å². The van der Waals surface area contributed by atoms with Gasteiger partial charge >= 0.3 is 0 Å². The lowest BCUT2D eigenvalue weighted by Gasteiger charge is -2.26. The highest BCUT2D eigenvalue weighted by Gasteiger charge is 2.29. The summed E-state index contributed by atoms with van der Waals surface area (Å²) < 4.78 is 15.3. The molecule has 0 unspecified atom stereocenters. The van der Waals surface area contributed by atoms with Crippen LogP contribution in [0.25, 0.3) is 82.7 Å². The molecule has 57 heavy (non-hydrogen) atoms. The molecule has 0 atom stereocenters. The maximum Gasteiger partial charge on any atom is 0.198 e. The van der Waals surface area contributed by atoms with Crippen molar-refractivity contribution in [3.05, 3.63) is 151 Å². The average Bonchev–Trinajstić information content (AvgIpc) is 3.88. The Hall–Kier alpha value is -6.46. The number of hydrogen-bond acceptors (Lipinski definition) is 3. The van der Waals surface area contributed by atoms with Crippen LogP contribution < -0.4 is 16.2 Å². The molecule has 275 valence electrons. The van der Waals surface area contributed by atoms with Crippen LogP contribution in [0.5, 0.6) is 0 Å². The van der Waals surface area contributed by atoms with Crippen LogP contribution in [0.15, 0.2) is 149 Å². The van der Waals surface area contributed by atoms with E-state index in [1.165, 1.54) is 44.0 Å². The fourth-order valence-electron chi connectivity index (χ4n) is 8.91. The highest BCUT2D eigenvalue weighted by atomic mass is 16.3. The second-order valence-electron chi connectivity index (χ2n) is 17.8. The Bertz CT molecular complexity index is 3240. The van der Waals surface area contributed by atoms with Gasteiger partial charge in [-0.3, -0.25) is 0 Å². The van der Waals surface area contributed by atoms with Gasteiger partial charge in [-0.1, -0.05) is 126 Å². The Labute approximate surface area is 333 Å². The summed E-state index contributed by atoms with van der Waals surface area (Å²) in [6.07, 6.45) is 1.90. The fourth-order valence-corrected chi connectivity index (χ4v) is 8.91. The summed E-state index contributed by atoms with van der Waals surface area (Å²) in [7, 11) is 2.38. The maximum atomic E-state index is 6.48. The van der Waals surface area contributed by atoms with Crippen molar-refractivity contribution in [2.75, 3.05) is 5.32 Å². The van der Waals surface area contributed by atoms with Crippen molar-refractivity contribution >= 4 is 84.3 Å². The predicted octanol–water partition coefficient (Wildman–Crippen LogP) is 13.1. The molecule has 0 saturated carbocycles. The van der Waals surface area contributed by atoms with E-state index in [0.717, 1.165) is 72.1 Å². The molecule has 1 radical (unpaired) electrons. The van der Waals surface area contributed by atoms with Crippen molar-refractivity contribution in [1.29, 1.82) is 0 Å². The summed E-state index contributed by atoms with van der Waals surface area (Å²) in [5.74, 6) is 0. The Morgan fingerprint density at radius 3 is 2.09 bits per heavy atom. The molecule has 0 saturated heterocycles. The van der Waals surface area contributed by atoms with E-state index in [1.54, 1.807) is 0 Å². The number of benzene rings is 7. The normalized spacial score (nSPS) is 12.9. The van der Waals surface area contributed by atoms with Crippen molar-refractivity contribution in [2.24, 2.45) is 0 Å². The van der Waals surface area contributed by atoms with Gasteiger partial charge in [-0.25, -0.2) is 0 Å². The zero-order valence-electron chi connectivity index (χ0n) is 33.1. The van der Waals surface area contributed by atoms with Gasteiger partial charge < -0.3 is 18.7 Å². The molecule has 1 aliphatic heterocycles. The number of nitrogens with one attached hydrogen (secondary N) is 1. The van der Waals surface area contributed by atoms with Crippen molar-refractivity contribution in [3.63, 3.8) is 0 Å². The van der Waals surface area contributed by atoms with E-state index in [2.05, 4.69) is 186 Å². The molecule has 1 N–H and O–H groups in total. The summed E-state index contributed by atoms with van der Waals surface area (Å²) >= 11 is 0. The maximum absolute atomic E-state index is 6.48. The summed E-state index contributed by atoms with van der Waals surface area (Å²) in [5.41, 5.74) is 17.8. The number of fused-ring (bicyclic) bond motifs is 9. The Balaban J connectivity index is 1.19. The average molecular weight is 738 g/mol. The lowest BCUT2D eigenvalue weighted by Crippen LogP contribution is -2.37. The number of aromatic nitrogens is 1. The molecule has 0 spiro atoms. The van der Waals surface area contributed by atoms with Gasteiger partial charge in [-0.2, -0.15) is 0 Å². The lowest BCUT2D eigenvalue weighted by atomic mass is 9.59. The van der Waals surface area contributed by atoms with Crippen LogP contribution in [0.2, 0.25) is 0 Å². The molecule has 4 nitrogen and oxygen atoms in total. The van der Waals surface area contributed by atoms with E-state index in [4.69, 9.17) is 8.83 Å². The Kier molecular flexibility index (Phi) is 7.14. The van der Waals surface area contributed by atoms with E-state index < -0.39 is 0 Å². The smallest absolute Gasteiger partial charge is 0.198 e. The molecule has 0 amide bonds. The van der Waals surface area contributed by atoms with Crippen molar-refractivity contribution in [1.82, 2.24) is 4.57 Å². The third-order valence-corrected chi connectivity index (χ3v) is 12.0. The molecule has 1 aliphatic rings. The first-order valence-corrected chi connectivity index (χ1v) is 19.9. The predicted molar refractivity (Wildman–Crippen MR) is 241 cm³/mol. The van der Waals surface area contributed by atoms with Gasteiger partial charge in [0, 0.05) is 60.6 Å². The number of furan rings is 2. The molecule has 4 heterocycles. The molecular weight excluding hydrogens is 695 g/mol. The summed E-state index contributed by atoms with van der Waals surface area (Å²) in [6.45, 7) is 13.6. The van der Waals surface area contributed by atoms with Crippen molar-refractivity contribution in [2.45, 2.75) is 52.4 Å². The lowest BCUT2D eigenvalue weighted by molar-refractivity contribution is 0.590. The van der Waals surface area contributed by atoms with Crippen LogP contribution in [0.4, 0.5) is 11.4 Å². The van der Waals surface area contributed by atoms with Gasteiger partial charge in [0.15, 0.2) is 7.28 Å². The van der Waals surface area contributed by atoms with Crippen LogP contribution in [-0.2, 0) is 10.8 Å². The summed E-state index contributed by atoms with van der Waals surface area (Å²) in [4.78, 5) is 0. The van der Waals surface area contributed by atoms with Gasteiger partial charge in [0.1, 0.15) is 16.7 Å². The van der Waals surface area contributed by atoms with E-state index in [0.29, 0.717) is 0 Å². The zero-order chi connectivity index (χ0) is 38.8. The Morgan fingerprint density at radius 2 is 1.30 bits per heavy atom. The van der Waals surface area contributed by atoms with Crippen LogP contribution in [0.3, 0.4) is 0 Å². The van der Waals surface area contributed by atoms with Crippen LogP contribution >= 0.6 is 0 Å². The highest BCUT2D eigenvalue weighted by Crippen LogP contribution is 2.43. The second-order valence-corrected chi connectivity index (χ2v) is 17.8. The number of anilines is 2. The standard InChI is InChI=1S/C52H42BN2O2/c1-51(2,3)31-16-19-33(20-17-31)54-43-23-18-32(52(4,5)6)24-37(43)35-21-22-36-38-27-48-39(34-14-10-11-15-46(34)57-48)25-44(38)55-45-26-40-41(30-12-8-7-9-13-30)29-56-47(40)28-42(45)53-49(35)50(36)55/h7-29,54H,1-6H3. The minimum Gasteiger partial charge on any atom is -0.464 e. The zero-order valence-corrected chi connectivity index (χ0v) is 33.1. The fraction of sp³-hybridized carbons (Fsp3) is 0.154. The summed E-state index contributed by atoms with van der Waals surface area (Å²) in [6, 6.07) is 48.4. The molecule has 10 aromatic rings. The van der Waals surface area contributed by atoms with Crippen molar-refractivity contribution < 1.29 is 8.83 Å². The molecule has 0 fully saturated rings. The monoisotopic (exact) mass is 737 g/mol. The number of hydrogen-bond donors (Lipinski definition) is 1. The molecule has 0 bridgehead atoms. The van der Waals surface area contributed by atoms with Gasteiger partial charge in [0.2, 0.25) is 0 Å². The third kappa shape index (κ3) is 5.29. The third-order valence-electron chi connectivity index (χ3n) is 12.0. The van der Waals surface area contributed by atoms with E-state index >= 15 is 0 Å². The topological polar surface area (TPSA) is 43.2 Å².